The van der Waals surface area contributed by atoms with E-state index < -0.39 is 5.97 Å². The number of rotatable bonds is 7. The average Bonchev–Trinajstić information content (AvgIpc) is 2.63. The second-order valence-corrected chi connectivity index (χ2v) is 4.91. The Hall–Kier alpha value is -3.15. The van der Waals surface area contributed by atoms with Crippen molar-refractivity contribution >= 4 is 12.0 Å². The predicted molar refractivity (Wildman–Crippen MR) is 92.9 cm³/mol. The number of carbonyl (C=O) groups is 1. The number of hydrogen-bond donors (Lipinski definition) is 1. The number of aromatic hydroxyl groups is 1. The number of esters is 1. The van der Waals surface area contributed by atoms with Crippen LogP contribution in [0.1, 0.15) is 12.5 Å². The lowest BCUT2D eigenvalue weighted by atomic mass is 10.1. The van der Waals surface area contributed by atoms with Gasteiger partial charge in [0, 0.05) is 0 Å². The number of methoxy groups -OCH3 is 2. The van der Waals surface area contributed by atoms with Gasteiger partial charge in [-0.25, -0.2) is 4.79 Å². The lowest BCUT2D eigenvalue weighted by molar-refractivity contribution is -0.140. The van der Waals surface area contributed by atoms with Crippen LogP contribution in [0.25, 0.3) is 6.08 Å². The Morgan fingerprint density at radius 3 is 2.36 bits per heavy atom. The molecule has 0 aliphatic carbocycles. The van der Waals surface area contributed by atoms with Crippen molar-refractivity contribution in [1.82, 2.24) is 0 Å². The van der Waals surface area contributed by atoms with E-state index in [4.69, 9.17) is 18.9 Å². The molecule has 0 spiro atoms. The molecule has 2 aromatic carbocycles. The van der Waals surface area contributed by atoms with Gasteiger partial charge in [-0.15, -0.1) is 0 Å². The summed E-state index contributed by atoms with van der Waals surface area (Å²) >= 11 is 0. The summed E-state index contributed by atoms with van der Waals surface area (Å²) in [4.78, 5) is 12.2. The summed E-state index contributed by atoms with van der Waals surface area (Å²) < 4.78 is 21.1. The monoisotopic (exact) mass is 344 g/mol. The van der Waals surface area contributed by atoms with E-state index in [9.17, 15) is 9.90 Å². The fourth-order valence-corrected chi connectivity index (χ4v) is 2.09. The molecule has 0 unspecified atom stereocenters. The van der Waals surface area contributed by atoms with Gasteiger partial charge >= 0.3 is 5.97 Å². The minimum absolute atomic E-state index is 0.00276. The van der Waals surface area contributed by atoms with Crippen LogP contribution in [0.4, 0.5) is 0 Å². The third-order valence-corrected chi connectivity index (χ3v) is 3.27. The van der Waals surface area contributed by atoms with Gasteiger partial charge in [0.1, 0.15) is 0 Å². The maximum Gasteiger partial charge on any atom is 0.374 e. The Bertz CT molecular complexity index is 766. The molecule has 6 heteroatoms. The van der Waals surface area contributed by atoms with Crippen molar-refractivity contribution in [3.8, 4) is 23.0 Å². The third kappa shape index (κ3) is 4.67. The van der Waals surface area contributed by atoms with Gasteiger partial charge in [-0.05, 0) is 42.8 Å². The van der Waals surface area contributed by atoms with Crippen LogP contribution in [0.2, 0.25) is 0 Å². The van der Waals surface area contributed by atoms with Gasteiger partial charge in [0.2, 0.25) is 5.76 Å². The molecule has 0 amide bonds. The van der Waals surface area contributed by atoms with Crippen LogP contribution in [0.5, 0.6) is 23.0 Å². The van der Waals surface area contributed by atoms with E-state index >= 15 is 0 Å². The largest absolute Gasteiger partial charge is 0.504 e. The molecule has 0 heterocycles. The maximum atomic E-state index is 12.2. The molecule has 0 aliphatic heterocycles. The Balaban J connectivity index is 2.40. The molecule has 0 aliphatic rings. The summed E-state index contributed by atoms with van der Waals surface area (Å²) in [5.41, 5.74) is 0.604. The van der Waals surface area contributed by atoms with Gasteiger partial charge in [0.25, 0.3) is 0 Å². The minimum Gasteiger partial charge on any atom is -0.504 e. The first kappa shape index (κ1) is 18.2. The molecule has 2 aromatic rings. The van der Waals surface area contributed by atoms with Gasteiger partial charge in [-0.2, -0.15) is 0 Å². The van der Waals surface area contributed by atoms with E-state index in [1.165, 1.54) is 26.4 Å². The van der Waals surface area contributed by atoms with E-state index in [2.05, 4.69) is 0 Å². The lowest BCUT2D eigenvalue weighted by Gasteiger charge is -2.12. The predicted octanol–water partition coefficient (Wildman–Crippen LogP) is 3.39. The summed E-state index contributed by atoms with van der Waals surface area (Å²) in [5.74, 6) is 0.535. The maximum absolute atomic E-state index is 12.2. The number of phenols is 1. The third-order valence-electron chi connectivity index (χ3n) is 3.27. The van der Waals surface area contributed by atoms with Crippen LogP contribution < -0.4 is 14.2 Å². The molecule has 0 radical (unpaired) electrons. The molecule has 0 saturated carbocycles. The van der Waals surface area contributed by atoms with Crippen LogP contribution >= 0.6 is 0 Å². The Kier molecular flexibility index (Phi) is 6.28. The molecular formula is C19H20O6. The van der Waals surface area contributed by atoms with E-state index in [1.807, 2.05) is 0 Å². The van der Waals surface area contributed by atoms with Crippen molar-refractivity contribution in [3.05, 3.63) is 53.8 Å². The van der Waals surface area contributed by atoms with Crippen LogP contribution in [0, 0.1) is 0 Å². The highest BCUT2D eigenvalue weighted by Gasteiger charge is 2.16. The molecular weight excluding hydrogens is 324 g/mol. The van der Waals surface area contributed by atoms with Gasteiger partial charge < -0.3 is 24.1 Å². The second-order valence-electron chi connectivity index (χ2n) is 4.91. The lowest BCUT2D eigenvalue weighted by Crippen LogP contribution is -2.13. The van der Waals surface area contributed by atoms with Gasteiger partial charge in [-0.3, -0.25) is 0 Å². The minimum atomic E-state index is -0.611. The fraction of sp³-hybridized carbons (Fsp3) is 0.211. The highest BCUT2D eigenvalue weighted by molar-refractivity contribution is 5.92. The van der Waals surface area contributed by atoms with Crippen molar-refractivity contribution in [1.29, 1.82) is 0 Å². The van der Waals surface area contributed by atoms with Crippen LogP contribution in [0.15, 0.2) is 48.2 Å². The number of carbonyl (C=O) groups excluding carboxylic acids is 1. The highest BCUT2D eigenvalue weighted by Crippen LogP contribution is 2.30. The van der Waals surface area contributed by atoms with E-state index in [0.717, 1.165) is 0 Å². The Morgan fingerprint density at radius 1 is 1.04 bits per heavy atom. The first-order valence-corrected chi connectivity index (χ1v) is 7.65. The topological polar surface area (TPSA) is 74.2 Å². The summed E-state index contributed by atoms with van der Waals surface area (Å²) in [7, 11) is 2.96. The van der Waals surface area contributed by atoms with Crippen LogP contribution in [-0.4, -0.2) is 31.9 Å². The number of ether oxygens (including phenoxy) is 4. The van der Waals surface area contributed by atoms with E-state index in [0.29, 0.717) is 17.1 Å². The van der Waals surface area contributed by atoms with Crippen LogP contribution in [-0.2, 0) is 9.53 Å². The number of benzene rings is 2. The molecule has 0 bridgehead atoms. The smallest absolute Gasteiger partial charge is 0.374 e. The summed E-state index contributed by atoms with van der Waals surface area (Å²) in [6.07, 6.45) is 1.51. The number of phenolic OH excluding ortho intramolecular Hbond substituents is 1. The molecule has 2 rings (SSSR count). The standard InChI is InChI=1S/C19H20O6/c1-4-24-19(21)18(25-16-8-6-5-7-15(16)22-2)12-13-9-10-14(20)17(11-13)23-3/h5-12,20H,4H2,1-3H3/b18-12-. The molecule has 0 fully saturated rings. The average molecular weight is 344 g/mol. The zero-order valence-electron chi connectivity index (χ0n) is 14.3. The second kappa shape index (κ2) is 8.63. The SMILES string of the molecule is CCOC(=O)/C(=C/c1ccc(O)c(OC)c1)Oc1ccccc1OC. The molecule has 0 saturated heterocycles. The molecule has 132 valence electrons. The Morgan fingerprint density at radius 2 is 1.72 bits per heavy atom. The quantitative estimate of drug-likeness (QED) is 0.471. The summed E-state index contributed by atoms with van der Waals surface area (Å²) in [5, 5.41) is 9.68. The Labute approximate surface area is 146 Å². The van der Waals surface area contributed by atoms with E-state index in [-0.39, 0.29) is 23.9 Å². The van der Waals surface area contributed by atoms with Gasteiger partial charge in [0.05, 0.1) is 20.8 Å². The zero-order valence-corrected chi connectivity index (χ0v) is 14.3. The molecule has 1 N–H and O–H groups in total. The van der Waals surface area contributed by atoms with Crippen molar-refractivity contribution < 1.29 is 28.8 Å². The zero-order chi connectivity index (χ0) is 18.2. The van der Waals surface area contributed by atoms with Gasteiger partial charge in [0.15, 0.2) is 23.0 Å². The fourth-order valence-electron chi connectivity index (χ4n) is 2.09. The first-order valence-electron chi connectivity index (χ1n) is 7.65. The van der Waals surface area contributed by atoms with Gasteiger partial charge in [-0.1, -0.05) is 18.2 Å². The first-order chi connectivity index (χ1) is 12.1. The molecule has 0 atom stereocenters. The van der Waals surface area contributed by atoms with Crippen LogP contribution in [0.3, 0.4) is 0 Å². The number of hydrogen-bond acceptors (Lipinski definition) is 6. The molecule has 6 nitrogen and oxygen atoms in total. The van der Waals surface area contributed by atoms with Crippen molar-refractivity contribution in [2.75, 3.05) is 20.8 Å². The molecule has 25 heavy (non-hydrogen) atoms. The van der Waals surface area contributed by atoms with Crippen molar-refractivity contribution in [3.63, 3.8) is 0 Å². The van der Waals surface area contributed by atoms with Crippen molar-refractivity contribution in [2.45, 2.75) is 6.92 Å². The summed E-state index contributed by atoms with van der Waals surface area (Å²) in [6.45, 7) is 1.92. The summed E-state index contributed by atoms with van der Waals surface area (Å²) in [6, 6.07) is 11.7. The highest BCUT2D eigenvalue weighted by atomic mass is 16.6. The number of para-hydroxylation sites is 2. The van der Waals surface area contributed by atoms with Crippen molar-refractivity contribution in [2.24, 2.45) is 0 Å². The normalized spacial score (nSPS) is 10.9. The molecule has 0 aromatic heterocycles. The van der Waals surface area contributed by atoms with E-state index in [1.54, 1.807) is 43.3 Å².